The molecule has 6 heteroatoms. The lowest BCUT2D eigenvalue weighted by Crippen LogP contribution is -2.28. The van der Waals surface area contributed by atoms with E-state index >= 15 is 0 Å². The fraction of sp³-hybridized carbons (Fsp3) is 0.571. The molecular weight excluding hydrogens is 292 g/mol. The zero-order valence-corrected chi connectivity index (χ0v) is 13.8. The Balaban J connectivity index is 2.26. The van der Waals surface area contributed by atoms with Gasteiger partial charge in [0.1, 0.15) is 0 Å². The predicted molar refractivity (Wildman–Crippen MR) is 87.4 cm³/mol. The monoisotopic (exact) mass is 316 g/mol. The number of nitrogen functional groups attached to an aromatic ring is 1. The lowest BCUT2D eigenvalue weighted by atomic mass is 10.1. The van der Waals surface area contributed by atoms with Crippen molar-refractivity contribution in [3.8, 4) is 0 Å². The van der Waals surface area contributed by atoms with Crippen molar-refractivity contribution in [3.63, 3.8) is 0 Å². The van der Waals surface area contributed by atoms with Gasteiger partial charge in [-0.3, -0.25) is 0 Å². The highest BCUT2D eigenvalue weighted by Crippen LogP contribution is 2.20. The van der Waals surface area contributed by atoms with Crippen LogP contribution in [0.15, 0.2) is 29.2 Å². The molecule has 1 aromatic carbocycles. The summed E-state index contributed by atoms with van der Waals surface area (Å²) >= 11 is 1.51. The van der Waals surface area contributed by atoms with E-state index in [9.17, 15) is 8.42 Å². The molecule has 0 atom stereocenters. The van der Waals surface area contributed by atoms with Crippen LogP contribution in [-0.2, 0) is 10.0 Å². The van der Waals surface area contributed by atoms with E-state index < -0.39 is 10.0 Å². The Hall–Kier alpha value is -0.720. The van der Waals surface area contributed by atoms with Crippen LogP contribution >= 0.6 is 11.8 Å². The minimum atomic E-state index is -3.16. The van der Waals surface area contributed by atoms with E-state index in [4.69, 9.17) is 5.73 Å². The number of nitrogens with two attached hydrogens (primary N) is 1. The van der Waals surface area contributed by atoms with Crippen LogP contribution in [0.3, 0.4) is 0 Å². The van der Waals surface area contributed by atoms with Gasteiger partial charge in [-0.2, -0.15) is 0 Å². The zero-order valence-electron chi connectivity index (χ0n) is 12.1. The number of hydrogen-bond acceptors (Lipinski definition) is 4. The summed E-state index contributed by atoms with van der Waals surface area (Å²) in [6.07, 6.45) is 1.93. The van der Waals surface area contributed by atoms with Gasteiger partial charge in [-0.25, -0.2) is 13.1 Å². The molecule has 0 fully saturated rings. The molecule has 0 radical (unpaired) electrons. The fourth-order valence-corrected chi connectivity index (χ4v) is 4.12. The molecular formula is C14H24N2O2S2. The van der Waals surface area contributed by atoms with Crippen LogP contribution in [0.4, 0.5) is 5.69 Å². The molecule has 0 aliphatic rings. The molecule has 0 unspecified atom stereocenters. The quantitative estimate of drug-likeness (QED) is 0.417. The van der Waals surface area contributed by atoms with Crippen molar-refractivity contribution in [2.75, 3.05) is 23.8 Å². The number of nitrogens with one attached hydrogen (secondary N) is 1. The summed E-state index contributed by atoms with van der Waals surface area (Å²) in [6, 6.07) is 7.48. The first kappa shape index (κ1) is 17.3. The normalized spacial score (nSPS) is 11.9. The average Bonchev–Trinajstić information content (AvgIpc) is 2.34. The first-order valence-electron chi connectivity index (χ1n) is 6.85. The smallest absolute Gasteiger partial charge is 0.212 e. The van der Waals surface area contributed by atoms with Crippen molar-refractivity contribution in [1.82, 2.24) is 4.72 Å². The lowest BCUT2D eigenvalue weighted by molar-refractivity contribution is 0.540. The Labute approximate surface area is 126 Å². The van der Waals surface area contributed by atoms with Crippen molar-refractivity contribution in [2.45, 2.75) is 31.6 Å². The molecule has 0 heterocycles. The van der Waals surface area contributed by atoms with Crippen LogP contribution in [0.2, 0.25) is 0 Å². The first-order valence-corrected chi connectivity index (χ1v) is 9.48. The molecule has 0 aromatic heterocycles. The summed E-state index contributed by atoms with van der Waals surface area (Å²) in [5.74, 6) is 1.27. The van der Waals surface area contributed by atoms with Gasteiger partial charge in [-0.1, -0.05) is 19.9 Å². The topological polar surface area (TPSA) is 72.2 Å². The zero-order chi connectivity index (χ0) is 15.0. The van der Waals surface area contributed by atoms with Crippen molar-refractivity contribution >= 4 is 27.5 Å². The average molecular weight is 316 g/mol. The molecule has 1 rings (SSSR count). The fourth-order valence-electron chi connectivity index (χ4n) is 1.68. The van der Waals surface area contributed by atoms with Gasteiger partial charge >= 0.3 is 0 Å². The number of sulfonamides is 1. The van der Waals surface area contributed by atoms with Gasteiger partial charge in [-0.15, -0.1) is 11.8 Å². The molecule has 0 aliphatic carbocycles. The third kappa shape index (κ3) is 7.77. The molecule has 3 N–H and O–H groups in total. The van der Waals surface area contributed by atoms with Crippen LogP contribution in [0.5, 0.6) is 0 Å². The Kier molecular flexibility index (Phi) is 7.40. The van der Waals surface area contributed by atoms with E-state index in [1.165, 1.54) is 11.8 Å². The predicted octanol–water partition coefficient (Wildman–Crippen LogP) is 2.72. The van der Waals surface area contributed by atoms with E-state index in [-0.39, 0.29) is 5.75 Å². The van der Waals surface area contributed by atoms with Gasteiger partial charge in [0.05, 0.1) is 5.75 Å². The summed E-state index contributed by atoms with van der Waals surface area (Å²) in [6.45, 7) is 4.80. The van der Waals surface area contributed by atoms with Crippen LogP contribution in [0.1, 0.15) is 26.7 Å². The lowest BCUT2D eigenvalue weighted by Gasteiger charge is -2.08. The standard InChI is InChI=1S/C14H24N2O2S2/c1-12(2)5-4-8-16-20(17,18)10-9-19-14-7-3-6-13(15)11-14/h3,6-7,11-12,16H,4-5,8-10,15H2,1-2H3. The summed E-state index contributed by atoms with van der Waals surface area (Å²) in [5, 5.41) is 0. The van der Waals surface area contributed by atoms with Gasteiger partial charge in [0.15, 0.2) is 0 Å². The summed E-state index contributed by atoms with van der Waals surface area (Å²) in [4.78, 5) is 1.00. The highest BCUT2D eigenvalue weighted by Gasteiger charge is 2.09. The molecule has 0 aliphatic heterocycles. The SMILES string of the molecule is CC(C)CCCNS(=O)(=O)CCSc1cccc(N)c1. The number of rotatable bonds is 9. The Morgan fingerprint density at radius 3 is 2.75 bits per heavy atom. The second-order valence-electron chi connectivity index (χ2n) is 5.17. The highest BCUT2D eigenvalue weighted by molar-refractivity contribution is 8.00. The van der Waals surface area contributed by atoms with Crippen molar-refractivity contribution < 1.29 is 8.42 Å². The number of thioether (sulfide) groups is 1. The van der Waals surface area contributed by atoms with E-state index in [0.717, 1.165) is 17.7 Å². The Morgan fingerprint density at radius 1 is 1.35 bits per heavy atom. The minimum absolute atomic E-state index is 0.133. The summed E-state index contributed by atoms with van der Waals surface area (Å²) in [5.41, 5.74) is 6.38. The van der Waals surface area contributed by atoms with E-state index in [2.05, 4.69) is 18.6 Å². The van der Waals surface area contributed by atoms with Gasteiger partial charge in [0.25, 0.3) is 0 Å². The molecule has 0 amide bonds. The Morgan fingerprint density at radius 2 is 2.10 bits per heavy atom. The van der Waals surface area contributed by atoms with Gasteiger partial charge < -0.3 is 5.73 Å². The van der Waals surface area contributed by atoms with Crippen LogP contribution in [0, 0.1) is 5.92 Å². The number of benzene rings is 1. The molecule has 0 saturated carbocycles. The first-order chi connectivity index (χ1) is 9.39. The van der Waals surface area contributed by atoms with Crippen LogP contribution in [-0.4, -0.2) is 26.5 Å². The van der Waals surface area contributed by atoms with Crippen LogP contribution < -0.4 is 10.5 Å². The molecule has 4 nitrogen and oxygen atoms in total. The van der Waals surface area contributed by atoms with E-state index in [1.54, 1.807) is 0 Å². The van der Waals surface area contributed by atoms with Crippen molar-refractivity contribution in [1.29, 1.82) is 0 Å². The van der Waals surface area contributed by atoms with Gasteiger partial charge in [0, 0.05) is 22.9 Å². The maximum Gasteiger partial charge on any atom is 0.212 e. The molecule has 20 heavy (non-hydrogen) atoms. The second-order valence-corrected chi connectivity index (χ2v) is 8.26. The number of hydrogen-bond donors (Lipinski definition) is 2. The second kappa shape index (κ2) is 8.54. The molecule has 0 saturated heterocycles. The van der Waals surface area contributed by atoms with Crippen molar-refractivity contribution in [2.24, 2.45) is 5.92 Å². The third-order valence-electron chi connectivity index (χ3n) is 2.76. The third-order valence-corrected chi connectivity index (χ3v) is 5.40. The highest BCUT2D eigenvalue weighted by atomic mass is 32.2. The van der Waals surface area contributed by atoms with E-state index in [0.29, 0.717) is 23.9 Å². The molecule has 114 valence electrons. The maximum absolute atomic E-state index is 11.8. The van der Waals surface area contributed by atoms with E-state index in [1.807, 2.05) is 24.3 Å². The van der Waals surface area contributed by atoms with Crippen molar-refractivity contribution in [3.05, 3.63) is 24.3 Å². The maximum atomic E-state index is 11.8. The molecule has 1 aromatic rings. The summed E-state index contributed by atoms with van der Waals surface area (Å²) in [7, 11) is -3.16. The molecule has 0 spiro atoms. The largest absolute Gasteiger partial charge is 0.399 e. The number of anilines is 1. The minimum Gasteiger partial charge on any atom is -0.399 e. The molecule has 0 bridgehead atoms. The van der Waals surface area contributed by atoms with Crippen LogP contribution in [0.25, 0.3) is 0 Å². The van der Waals surface area contributed by atoms with Gasteiger partial charge in [-0.05, 0) is 37.0 Å². The summed E-state index contributed by atoms with van der Waals surface area (Å²) < 4.78 is 26.2. The Bertz CT molecular complexity index is 502. The van der Waals surface area contributed by atoms with Gasteiger partial charge in [0.2, 0.25) is 10.0 Å².